The quantitative estimate of drug-likeness (QED) is 0.355. The molecule has 190 valence electrons. The number of nitrogens with zero attached hydrogens (tertiary/aromatic N) is 4. The molecule has 11 heteroatoms. The summed E-state index contributed by atoms with van der Waals surface area (Å²) in [5.74, 6) is -1.91. The molecule has 3 heterocycles. The third-order valence-electron chi connectivity index (χ3n) is 6.60. The molecule has 2 atom stereocenters. The Bertz CT molecular complexity index is 1730. The smallest absolute Gasteiger partial charge is 0.274 e. The van der Waals surface area contributed by atoms with Crippen LogP contribution in [0.25, 0.3) is 16.9 Å². The highest BCUT2D eigenvalue weighted by Crippen LogP contribution is 2.55. The van der Waals surface area contributed by atoms with E-state index in [1.165, 1.54) is 18.3 Å². The van der Waals surface area contributed by atoms with E-state index in [4.69, 9.17) is 11.6 Å². The highest BCUT2D eigenvalue weighted by atomic mass is 35.5. The van der Waals surface area contributed by atoms with E-state index in [1.807, 2.05) is 6.07 Å². The summed E-state index contributed by atoms with van der Waals surface area (Å²) < 4.78 is 56.2. The van der Waals surface area contributed by atoms with E-state index in [-0.39, 0.29) is 28.1 Å². The molecule has 0 saturated heterocycles. The number of sulfone groups is 1. The molecule has 1 unspecified atom stereocenters. The van der Waals surface area contributed by atoms with Gasteiger partial charge >= 0.3 is 0 Å². The fraction of sp³-hybridized carbons (Fsp3) is 0.231. The Morgan fingerprint density at radius 3 is 2.49 bits per heavy atom. The number of benzene rings is 1. The third-order valence-corrected chi connectivity index (χ3v) is 8.10. The zero-order valence-electron chi connectivity index (χ0n) is 20.0. The average molecular weight is 543 g/mol. The Hall–Kier alpha value is -3.50. The third kappa shape index (κ3) is 4.34. The number of pyridine rings is 2. The Balaban J connectivity index is 1.63. The Labute approximate surface area is 216 Å². The zero-order chi connectivity index (χ0) is 26.6. The van der Waals surface area contributed by atoms with Gasteiger partial charge in [-0.25, -0.2) is 17.2 Å². The van der Waals surface area contributed by atoms with Crippen molar-refractivity contribution in [1.29, 1.82) is 0 Å². The molecule has 0 aliphatic heterocycles. The standard InChI is InChI=1S/C26H21ClF2N4O3S/c1-13-11-30-24(16-5-4-6-20(22(16)28)37(3,35)36)23(29)25(13)33-14(2)9-19(21(27)26(33)34)18-10-17(18)15-7-8-31-32-12-15/h4-9,11-12,17-18H,10H2,1-3H3/t17?,18-/m1/s1. The molecule has 7 nitrogen and oxygen atoms in total. The highest BCUT2D eigenvalue weighted by molar-refractivity contribution is 7.90. The van der Waals surface area contributed by atoms with Crippen molar-refractivity contribution in [1.82, 2.24) is 19.7 Å². The summed E-state index contributed by atoms with van der Waals surface area (Å²) >= 11 is 6.54. The van der Waals surface area contributed by atoms with E-state index in [1.54, 1.807) is 32.3 Å². The summed E-state index contributed by atoms with van der Waals surface area (Å²) in [6.07, 6.45) is 6.25. The van der Waals surface area contributed by atoms with Crippen LogP contribution in [0.1, 0.15) is 40.6 Å². The van der Waals surface area contributed by atoms with Gasteiger partial charge < -0.3 is 0 Å². The lowest BCUT2D eigenvalue weighted by atomic mass is 10.0. The number of hydrogen-bond donors (Lipinski definition) is 0. The fourth-order valence-electron chi connectivity index (χ4n) is 4.72. The summed E-state index contributed by atoms with van der Waals surface area (Å²) in [6, 6.07) is 7.27. The lowest BCUT2D eigenvalue weighted by Crippen LogP contribution is -2.24. The Morgan fingerprint density at radius 2 is 1.81 bits per heavy atom. The van der Waals surface area contributed by atoms with Crippen LogP contribution >= 0.6 is 11.6 Å². The van der Waals surface area contributed by atoms with Crippen LogP contribution in [0.3, 0.4) is 0 Å². The monoisotopic (exact) mass is 542 g/mol. The van der Waals surface area contributed by atoms with Gasteiger partial charge in [0, 0.05) is 29.9 Å². The molecule has 0 spiro atoms. The SMILES string of the molecule is Cc1cnc(-c2cccc(S(C)(=O)=O)c2F)c(F)c1-n1c(C)cc([C@@H]2CC2c2ccnnc2)c(Cl)c1=O. The van der Waals surface area contributed by atoms with E-state index in [2.05, 4.69) is 15.2 Å². The van der Waals surface area contributed by atoms with Crippen LogP contribution in [-0.4, -0.2) is 34.4 Å². The van der Waals surface area contributed by atoms with Gasteiger partial charge in [0.25, 0.3) is 5.56 Å². The first-order chi connectivity index (χ1) is 17.5. The number of hydrogen-bond acceptors (Lipinski definition) is 6. The molecular weight excluding hydrogens is 522 g/mol. The van der Waals surface area contributed by atoms with Crippen molar-refractivity contribution in [3.63, 3.8) is 0 Å². The molecule has 1 aliphatic rings. The predicted octanol–water partition coefficient (Wildman–Crippen LogP) is 4.91. The van der Waals surface area contributed by atoms with Crippen LogP contribution in [0.15, 0.2) is 58.6 Å². The van der Waals surface area contributed by atoms with Crippen molar-refractivity contribution in [2.45, 2.75) is 37.0 Å². The van der Waals surface area contributed by atoms with Gasteiger partial charge in [-0.3, -0.25) is 14.3 Å². The van der Waals surface area contributed by atoms with E-state index < -0.39 is 37.6 Å². The maximum absolute atomic E-state index is 16.0. The summed E-state index contributed by atoms with van der Waals surface area (Å²) in [4.78, 5) is 16.9. The van der Waals surface area contributed by atoms with Gasteiger partial charge in [-0.15, -0.1) is 0 Å². The van der Waals surface area contributed by atoms with Gasteiger partial charge in [0.15, 0.2) is 21.5 Å². The first-order valence-corrected chi connectivity index (χ1v) is 13.6. The van der Waals surface area contributed by atoms with Crippen molar-refractivity contribution >= 4 is 21.4 Å². The van der Waals surface area contributed by atoms with Gasteiger partial charge in [0.2, 0.25) is 0 Å². The van der Waals surface area contributed by atoms with Crippen molar-refractivity contribution in [3.8, 4) is 16.9 Å². The molecule has 1 aliphatic carbocycles. The van der Waals surface area contributed by atoms with Gasteiger partial charge in [-0.05, 0) is 73.1 Å². The second kappa shape index (κ2) is 9.11. The first-order valence-electron chi connectivity index (χ1n) is 11.3. The lowest BCUT2D eigenvalue weighted by molar-refractivity contribution is 0.569. The normalized spacial score (nSPS) is 17.1. The summed E-state index contributed by atoms with van der Waals surface area (Å²) in [6.45, 7) is 3.23. The van der Waals surface area contributed by atoms with E-state index >= 15 is 8.78 Å². The second-order valence-corrected chi connectivity index (χ2v) is 11.5. The van der Waals surface area contributed by atoms with Crippen molar-refractivity contribution in [2.24, 2.45) is 0 Å². The van der Waals surface area contributed by atoms with Crippen LogP contribution < -0.4 is 5.56 Å². The number of rotatable bonds is 5. The largest absolute Gasteiger partial charge is 0.277 e. The summed E-state index contributed by atoms with van der Waals surface area (Å²) in [5, 5.41) is 7.67. The fourth-order valence-corrected chi connectivity index (χ4v) is 5.76. The Morgan fingerprint density at radius 1 is 1.05 bits per heavy atom. The molecule has 0 radical (unpaired) electrons. The zero-order valence-corrected chi connectivity index (χ0v) is 21.6. The average Bonchev–Trinajstić information content (AvgIpc) is 3.64. The minimum atomic E-state index is -3.90. The van der Waals surface area contributed by atoms with Crippen LogP contribution in [0.5, 0.6) is 0 Å². The summed E-state index contributed by atoms with van der Waals surface area (Å²) in [7, 11) is -3.90. The second-order valence-electron chi connectivity index (χ2n) is 9.16. The minimum Gasteiger partial charge on any atom is -0.277 e. The van der Waals surface area contributed by atoms with Crippen molar-refractivity contribution in [3.05, 3.63) is 98.3 Å². The maximum Gasteiger partial charge on any atom is 0.274 e. The predicted molar refractivity (Wildman–Crippen MR) is 135 cm³/mol. The summed E-state index contributed by atoms with van der Waals surface area (Å²) in [5.41, 5.74) is 0.938. The van der Waals surface area contributed by atoms with Crippen molar-refractivity contribution in [2.75, 3.05) is 6.26 Å². The van der Waals surface area contributed by atoms with Gasteiger partial charge in [0.1, 0.15) is 15.6 Å². The van der Waals surface area contributed by atoms with Gasteiger partial charge in [-0.2, -0.15) is 10.2 Å². The van der Waals surface area contributed by atoms with Gasteiger partial charge in [0.05, 0.1) is 11.9 Å². The molecular formula is C26H21ClF2N4O3S. The topological polar surface area (TPSA) is 94.8 Å². The van der Waals surface area contributed by atoms with Crippen LogP contribution in [-0.2, 0) is 9.84 Å². The van der Waals surface area contributed by atoms with Crippen LogP contribution in [0, 0.1) is 25.5 Å². The highest BCUT2D eigenvalue weighted by Gasteiger charge is 2.42. The Kier molecular flexibility index (Phi) is 6.19. The molecule has 1 saturated carbocycles. The van der Waals surface area contributed by atoms with E-state index in [0.29, 0.717) is 16.8 Å². The molecule has 0 bridgehead atoms. The molecule has 0 N–H and O–H groups in total. The molecule has 5 rings (SSSR count). The number of aryl methyl sites for hydroxylation is 2. The van der Waals surface area contributed by atoms with E-state index in [0.717, 1.165) is 28.9 Å². The molecule has 0 amide bonds. The molecule has 3 aromatic heterocycles. The van der Waals surface area contributed by atoms with Crippen LogP contribution in [0.4, 0.5) is 8.78 Å². The number of aromatic nitrogens is 4. The van der Waals surface area contributed by atoms with Crippen molar-refractivity contribution < 1.29 is 17.2 Å². The maximum atomic E-state index is 16.0. The van der Waals surface area contributed by atoms with Gasteiger partial charge in [-0.1, -0.05) is 17.7 Å². The minimum absolute atomic E-state index is 0.0181. The van der Waals surface area contributed by atoms with Crippen LogP contribution in [0.2, 0.25) is 5.02 Å². The molecule has 4 aromatic rings. The lowest BCUT2D eigenvalue weighted by Gasteiger charge is -2.18. The molecule has 1 aromatic carbocycles. The number of halogens is 3. The first kappa shape index (κ1) is 25.2. The van der Waals surface area contributed by atoms with E-state index in [9.17, 15) is 13.2 Å². The molecule has 37 heavy (non-hydrogen) atoms. The molecule has 1 fully saturated rings.